The van der Waals surface area contributed by atoms with E-state index >= 15 is 0 Å². The third-order valence-electron chi connectivity index (χ3n) is 2.73. The van der Waals surface area contributed by atoms with Crippen molar-refractivity contribution in [2.75, 3.05) is 5.32 Å². The van der Waals surface area contributed by atoms with E-state index in [1.165, 1.54) is 12.1 Å². The molecule has 1 atom stereocenters. The molecule has 1 N–H and O–H groups in total. The zero-order valence-electron chi connectivity index (χ0n) is 10.6. The van der Waals surface area contributed by atoms with Crippen LogP contribution in [-0.2, 0) is 0 Å². The van der Waals surface area contributed by atoms with Gasteiger partial charge in [0.1, 0.15) is 11.9 Å². The van der Waals surface area contributed by atoms with E-state index in [4.69, 9.17) is 5.26 Å². The maximum absolute atomic E-state index is 10.7. The molecular weight excluding hydrogens is 258 g/mol. The number of pyridine rings is 2. The molecule has 0 saturated carbocycles. The van der Waals surface area contributed by atoms with Crippen LogP contribution in [0, 0.1) is 21.4 Å². The minimum absolute atomic E-state index is 0.0794. The van der Waals surface area contributed by atoms with Gasteiger partial charge in [-0.25, -0.2) is 4.98 Å². The van der Waals surface area contributed by atoms with Crippen molar-refractivity contribution in [1.82, 2.24) is 9.97 Å². The summed E-state index contributed by atoms with van der Waals surface area (Å²) < 4.78 is 0. The highest BCUT2D eigenvalue weighted by atomic mass is 16.6. The van der Waals surface area contributed by atoms with Crippen LogP contribution < -0.4 is 5.32 Å². The van der Waals surface area contributed by atoms with E-state index in [0.717, 1.165) is 5.56 Å². The van der Waals surface area contributed by atoms with Crippen LogP contribution in [0.3, 0.4) is 0 Å². The second-order valence-electron chi connectivity index (χ2n) is 4.09. The Bertz CT molecular complexity index is 666. The molecule has 20 heavy (non-hydrogen) atoms. The molecule has 0 aliphatic heterocycles. The summed E-state index contributed by atoms with van der Waals surface area (Å²) in [7, 11) is 0. The molecule has 2 aromatic rings. The number of nitrogens with zero attached hydrogens (tertiary/aromatic N) is 4. The van der Waals surface area contributed by atoms with Crippen molar-refractivity contribution in [1.29, 1.82) is 5.26 Å². The average molecular weight is 269 g/mol. The van der Waals surface area contributed by atoms with Gasteiger partial charge in [0, 0.05) is 18.5 Å². The predicted molar refractivity (Wildman–Crippen MR) is 71.9 cm³/mol. The van der Waals surface area contributed by atoms with Crippen molar-refractivity contribution in [2.45, 2.75) is 13.0 Å². The number of anilines is 1. The van der Waals surface area contributed by atoms with Crippen molar-refractivity contribution in [3.05, 3.63) is 58.0 Å². The minimum atomic E-state index is -0.625. The van der Waals surface area contributed by atoms with Gasteiger partial charge in [-0.1, -0.05) is 6.07 Å². The molecule has 0 saturated heterocycles. The molecule has 100 valence electrons. The van der Waals surface area contributed by atoms with E-state index in [9.17, 15) is 10.1 Å². The fourth-order valence-corrected chi connectivity index (χ4v) is 1.70. The lowest BCUT2D eigenvalue weighted by Crippen LogP contribution is -2.09. The Balaban J connectivity index is 2.23. The lowest BCUT2D eigenvalue weighted by molar-refractivity contribution is -0.385. The van der Waals surface area contributed by atoms with Crippen LogP contribution in [0.2, 0.25) is 0 Å². The highest BCUT2D eigenvalue weighted by molar-refractivity contribution is 5.51. The van der Waals surface area contributed by atoms with Crippen molar-refractivity contribution >= 4 is 11.5 Å². The molecule has 0 amide bonds. The van der Waals surface area contributed by atoms with Gasteiger partial charge in [-0.15, -0.1) is 0 Å². The first-order chi connectivity index (χ1) is 9.61. The van der Waals surface area contributed by atoms with Crippen LogP contribution in [0.1, 0.15) is 24.2 Å². The third-order valence-corrected chi connectivity index (χ3v) is 2.73. The van der Waals surface area contributed by atoms with Crippen molar-refractivity contribution in [2.24, 2.45) is 0 Å². The summed E-state index contributed by atoms with van der Waals surface area (Å²) in [6.45, 7) is 1.91. The molecule has 2 heterocycles. The number of rotatable bonds is 4. The Morgan fingerprint density at radius 3 is 2.85 bits per heavy atom. The third kappa shape index (κ3) is 2.87. The molecule has 1 unspecified atom stereocenters. The first kappa shape index (κ1) is 13.4. The maximum atomic E-state index is 10.7. The summed E-state index contributed by atoms with van der Waals surface area (Å²) in [6.07, 6.45) is 3.39. The molecule has 7 nitrogen and oxygen atoms in total. The SMILES string of the molecule is CC(Nc1ccc([N+](=O)[O-])c(C#N)n1)c1cccnc1. The van der Waals surface area contributed by atoms with E-state index in [1.54, 1.807) is 18.5 Å². The van der Waals surface area contributed by atoms with Gasteiger partial charge in [0.05, 0.1) is 11.0 Å². The quantitative estimate of drug-likeness (QED) is 0.675. The molecule has 0 aliphatic rings. The van der Waals surface area contributed by atoms with Crippen molar-refractivity contribution in [3.8, 4) is 6.07 Å². The zero-order chi connectivity index (χ0) is 14.5. The molecule has 0 radical (unpaired) electrons. The van der Waals surface area contributed by atoms with Crippen LogP contribution >= 0.6 is 0 Å². The van der Waals surface area contributed by atoms with Gasteiger partial charge in [0.15, 0.2) is 0 Å². The van der Waals surface area contributed by atoms with Gasteiger partial charge >= 0.3 is 5.69 Å². The summed E-state index contributed by atoms with van der Waals surface area (Å²) in [5, 5.41) is 22.7. The standard InChI is InChI=1S/C13H11N5O2/c1-9(10-3-2-6-15-8-10)16-13-5-4-12(18(19)20)11(7-14)17-13/h2-6,8-9H,1H3,(H,16,17). The molecule has 2 rings (SSSR count). The number of aromatic nitrogens is 2. The molecule has 2 aromatic heterocycles. The van der Waals surface area contributed by atoms with Crippen molar-refractivity contribution in [3.63, 3.8) is 0 Å². The molecule has 0 aliphatic carbocycles. The molecule has 0 bridgehead atoms. The highest BCUT2D eigenvalue weighted by Crippen LogP contribution is 2.21. The van der Waals surface area contributed by atoms with Crippen LogP contribution in [0.25, 0.3) is 0 Å². The number of hydrogen-bond donors (Lipinski definition) is 1. The Morgan fingerprint density at radius 2 is 2.25 bits per heavy atom. The second-order valence-corrected chi connectivity index (χ2v) is 4.09. The number of nitro groups is 1. The predicted octanol–water partition coefficient (Wildman–Crippen LogP) is 2.43. The normalized spacial score (nSPS) is 11.4. The van der Waals surface area contributed by atoms with Gasteiger partial charge in [0.25, 0.3) is 0 Å². The van der Waals surface area contributed by atoms with Gasteiger partial charge in [-0.2, -0.15) is 5.26 Å². The number of nitrogens with one attached hydrogen (secondary N) is 1. The molecule has 0 aromatic carbocycles. The van der Waals surface area contributed by atoms with Crippen LogP contribution in [0.4, 0.5) is 11.5 Å². The molecule has 0 spiro atoms. The maximum Gasteiger partial charge on any atom is 0.305 e. The van der Waals surface area contributed by atoms with Crippen LogP contribution in [0.15, 0.2) is 36.7 Å². The second kappa shape index (κ2) is 5.75. The molecule has 7 heteroatoms. The van der Waals surface area contributed by atoms with E-state index in [0.29, 0.717) is 5.82 Å². The summed E-state index contributed by atoms with van der Waals surface area (Å²) >= 11 is 0. The van der Waals surface area contributed by atoms with E-state index in [2.05, 4.69) is 15.3 Å². The monoisotopic (exact) mass is 269 g/mol. The molecule has 0 fully saturated rings. The fourth-order valence-electron chi connectivity index (χ4n) is 1.70. The summed E-state index contributed by atoms with van der Waals surface area (Å²) in [6, 6.07) is 8.11. The fraction of sp³-hybridized carbons (Fsp3) is 0.154. The van der Waals surface area contributed by atoms with Crippen LogP contribution in [-0.4, -0.2) is 14.9 Å². The van der Waals surface area contributed by atoms with E-state index in [1.807, 2.05) is 19.1 Å². The Hall–Kier alpha value is -3.01. The zero-order valence-corrected chi connectivity index (χ0v) is 10.6. The lowest BCUT2D eigenvalue weighted by Gasteiger charge is -2.14. The first-order valence-electron chi connectivity index (χ1n) is 5.84. The van der Waals surface area contributed by atoms with E-state index in [-0.39, 0.29) is 17.4 Å². The smallest absolute Gasteiger partial charge is 0.305 e. The minimum Gasteiger partial charge on any atom is -0.363 e. The van der Waals surface area contributed by atoms with Gasteiger partial charge in [0.2, 0.25) is 5.69 Å². The topological polar surface area (TPSA) is 105 Å². The summed E-state index contributed by atoms with van der Waals surface area (Å²) in [5.41, 5.74) is 0.441. The lowest BCUT2D eigenvalue weighted by atomic mass is 10.1. The van der Waals surface area contributed by atoms with Crippen LogP contribution in [0.5, 0.6) is 0 Å². The number of hydrogen-bond acceptors (Lipinski definition) is 6. The van der Waals surface area contributed by atoms with Crippen molar-refractivity contribution < 1.29 is 4.92 Å². The summed E-state index contributed by atoms with van der Waals surface area (Å²) in [5.74, 6) is 0.406. The Kier molecular flexibility index (Phi) is 3.86. The van der Waals surface area contributed by atoms with Gasteiger partial charge < -0.3 is 5.32 Å². The largest absolute Gasteiger partial charge is 0.363 e. The molecular formula is C13H11N5O2. The first-order valence-corrected chi connectivity index (χ1v) is 5.84. The summed E-state index contributed by atoms with van der Waals surface area (Å²) in [4.78, 5) is 18.1. The Morgan fingerprint density at radius 1 is 1.45 bits per heavy atom. The van der Waals surface area contributed by atoms with Gasteiger partial charge in [-0.3, -0.25) is 15.1 Å². The van der Waals surface area contributed by atoms with E-state index < -0.39 is 4.92 Å². The Labute approximate surface area is 115 Å². The van der Waals surface area contributed by atoms with Gasteiger partial charge in [-0.05, 0) is 24.6 Å². The number of nitriles is 1. The highest BCUT2D eigenvalue weighted by Gasteiger charge is 2.16. The average Bonchev–Trinajstić information content (AvgIpc) is 2.47.